The molecule has 1 saturated carbocycles. The Hall–Kier alpha value is -4.24. The third-order valence-corrected chi connectivity index (χ3v) is 7.48. The first kappa shape index (κ1) is 27.3. The van der Waals surface area contributed by atoms with Crippen LogP contribution in [0, 0.1) is 5.41 Å². The molecule has 208 valence electrons. The lowest BCUT2D eigenvalue weighted by Crippen LogP contribution is -2.32. The number of nitrogens with one attached hydrogen (secondary N) is 3. The van der Waals surface area contributed by atoms with Crippen molar-refractivity contribution in [3.8, 4) is 11.5 Å². The third kappa shape index (κ3) is 7.04. The molecule has 0 radical (unpaired) electrons. The molecule has 0 bridgehead atoms. The molecule has 2 fully saturated rings. The fourth-order valence-electron chi connectivity index (χ4n) is 5.29. The Labute approximate surface area is 235 Å². The fourth-order valence-corrected chi connectivity index (χ4v) is 5.29. The first-order valence-electron chi connectivity index (χ1n) is 14.0. The lowest BCUT2D eigenvalue weighted by Gasteiger charge is -2.22. The van der Waals surface area contributed by atoms with Crippen LogP contribution < -0.4 is 21.1 Å². The molecule has 1 amide bonds. The number of nitrogens with zero attached hydrogens (tertiary/aromatic N) is 3. The first-order valence-corrected chi connectivity index (χ1v) is 14.0. The van der Waals surface area contributed by atoms with Gasteiger partial charge in [-0.05, 0) is 55.7 Å². The molecule has 9 nitrogen and oxygen atoms in total. The van der Waals surface area contributed by atoms with E-state index in [4.69, 9.17) is 15.9 Å². The molecule has 1 saturated heterocycles. The number of nitrogens with two attached hydrogens (primary N) is 1. The van der Waals surface area contributed by atoms with E-state index in [1.165, 1.54) is 38.4 Å². The Morgan fingerprint density at radius 2 is 1.75 bits per heavy atom. The van der Waals surface area contributed by atoms with Gasteiger partial charge in [-0.2, -0.15) is 0 Å². The second-order valence-electron chi connectivity index (χ2n) is 10.4. The maximum Gasteiger partial charge on any atom is 0.246 e. The van der Waals surface area contributed by atoms with Crippen molar-refractivity contribution in [2.75, 3.05) is 30.7 Å². The van der Waals surface area contributed by atoms with Crippen LogP contribution in [0.1, 0.15) is 49.7 Å². The van der Waals surface area contributed by atoms with Gasteiger partial charge in [-0.15, -0.1) is 0 Å². The Bertz CT molecular complexity index is 1320. The summed E-state index contributed by atoms with van der Waals surface area (Å²) in [6, 6.07) is 17.4. The minimum atomic E-state index is 0.000197. The second kappa shape index (κ2) is 13.2. The average Bonchev–Trinajstić information content (AvgIpc) is 3.45. The third-order valence-electron chi connectivity index (χ3n) is 7.48. The quantitative estimate of drug-likeness (QED) is 0.216. The van der Waals surface area contributed by atoms with Crippen molar-refractivity contribution >= 4 is 23.3 Å². The first-order chi connectivity index (χ1) is 19.6. The molecule has 1 aliphatic heterocycles. The standard InChI is InChI=1S/C31H37N7O2/c32-29(22-13-15-26(16-14-22)40-25-10-5-2-6-11-25)28-30(33)35-21-36-31(28)37-24-17-19-38(20-24)27(39)12-7-18-34-23-8-3-1-4-9-23/h2,5-7,10-16,21,23-24,32,34H,1,3-4,8-9,17-20H2,(H3,33,35,36,37)/b12-7+,32-29?/t24-/m1/s1. The molecular weight excluding hydrogens is 502 g/mol. The topological polar surface area (TPSA) is 129 Å². The number of ether oxygens (including phenoxy) is 1. The zero-order valence-corrected chi connectivity index (χ0v) is 22.7. The summed E-state index contributed by atoms with van der Waals surface area (Å²) in [6.45, 7) is 1.94. The highest BCUT2D eigenvalue weighted by atomic mass is 16.5. The fraction of sp³-hybridized carbons (Fsp3) is 0.355. The normalized spacial score (nSPS) is 17.7. The summed E-state index contributed by atoms with van der Waals surface area (Å²) in [7, 11) is 0. The number of carbonyl (C=O) groups excluding carboxylic acids is 1. The number of anilines is 2. The highest BCUT2D eigenvalue weighted by Gasteiger charge is 2.27. The van der Waals surface area contributed by atoms with Gasteiger partial charge in [0, 0.05) is 43.4 Å². The molecule has 3 aromatic rings. The van der Waals surface area contributed by atoms with Gasteiger partial charge in [-0.3, -0.25) is 10.2 Å². The molecule has 1 aliphatic carbocycles. The summed E-state index contributed by atoms with van der Waals surface area (Å²) in [6.07, 6.45) is 12.1. The molecule has 2 aromatic carbocycles. The van der Waals surface area contributed by atoms with Crippen LogP contribution in [-0.4, -0.2) is 58.2 Å². The Morgan fingerprint density at radius 1 is 1.00 bits per heavy atom. The molecule has 1 atom stereocenters. The predicted molar refractivity (Wildman–Crippen MR) is 158 cm³/mol. The molecular formula is C31H37N7O2. The molecule has 2 heterocycles. The highest BCUT2D eigenvalue weighted by molar-refractivity contribution is 6.16. The highest BCUT2D eigenvalue weighted by Crippen LogP contribution is 2.26. The van der Waals surface area contributed by atoms with E-state index in [0.29, 0.717) is 41.8 Å². The van der Waals surface area contributed by atoms with Crippen molar-refractivity contribution in [2.45, 2.75) is 50.6 Å². The van der Waals surface area contributed by atoms with Crippen molar-refractivity contribution in [3.05, 3.63) is 84.2 Å². The molecule has 0 unspecified atom stereocenters. The number of aromatic nitrogens is 2. The molecule has 1 aromatic heterocycles. The number of amides is 1. The maximum absolute atomic E-state index is 12.7. The predicted octanol–water partition coefficient (Wildman–Crippen LogP) is 4.76. The van der Waals surface area contributed by atoms with Gasteiger partial charge < -0.3 is 26.0 Å². The summed E-state index contributed by atoms with van der Waals surface area (Å²) in [5, 5.41) is 15.8. The van der Waals surface area contributed by atoms with E-state index < -0.39 is 0 Å². The van der Waals surface area contributed by atoms with Gasteiger partial charge >= 0.3 is 0 Å². The van der Waals surface area contributed by atoms with Gasteiger partial charge in [0.2, 0.25) is 5.91 Å². The van der Waals surface area contributed by atoms with Gasteiger partial charge in [0.25, 0.3) is 0 Å². The summed E-state index contributed by atoms with van der Waals surface area (Å²) in [5.74, 6) is 2.16. The molecule has 5 N–H and O–H groups in total. The van der Waals surface area contributed by atoms with Crippen molar-refractivity contribution in [3.63, 3.8) is 0 Å². The molecule has 2 aliphatic rings. The summed E-state index contributed by atoms with van der Waals surface area (Å²) in [5.41, 5.74) is 7.55. The van der Waals surface area contributed by atoms with Crippen molar-refractivity contribution in [1.29, 1.82) is 5.41 Å². The zero-order chi connectivity index (χ0) is 27.7. The van der Waals surface area contributed by atoms with E-state index in [9.17, 15) is 4.79 Å². The van der Waals surface area contributed by atoms with E-state index in [2.05, 4.69) is 20.6 Å². The van der Waals surface area contributed by atoms with Crippen LogP contribution in [0.5, 0.6) is 11.5 Å². The minimum Gasteiger partial charge on any atom is -0.457 e. The number of benzene rings is 2. The Balaban J connectivity index is 1.18. The number of hydrogen-bond acceptors (Lipinski definition) is 8. The van der Waals surface area contributed by atoms with Crippen LogP contribution in [0.25, 0.3) is 0 Å². The summed E-state index contributed by atoms with van der Waals surface area (Å²) >= 11 is 0. The minimum absolute atomic E-state index is 0.000197. The van der Waals surface area contributed by atoms with Gasteiger partial charge in [0.05, 0.1) is 11.3 Å². The van der Waals surface area contributed by atoms with E-state index in [0.717, 1.165) is 18.7 Å². The van der Waals surface area contributed by atoms with E-state index in [1.54, 1.807) is 6.08 Å². The van der Waals surface area contributed by atoms with Crippen LogP contribution >= 0.6 is 0 Å². The molecule has 0 spiro atoms. The van der Waals surface area contributed by atoms with Crippen molar-refractivity contribution in [1.82, 2.24) is 20.2 Å². The smallest absolute Gasteiger partial charge is 0.246 e. The average molecular weight is 540 g/mol. The Kier molecular flexibility index (Phi) is 9.03. The Morgan fingerprint density at radius 3 is 2.52 bits per heavy atom. The monoisotopic (exact) mass is 539 g/mol. The van der Waals surface area contributed by atoms with Gasteiger partial charge in [-0.1, -0.05) is 43.5 Å². The number of hydrogen-bond donors (Lipinski definition) is 4. The van der Waals surface area contributed by atoms with Crippen LogP contribution in [0.3, 0.4) is 0 Å². The molecule has 9 heteroatoms. The number of rotatable bonds is 10. The SMILES string of the molecule is N=C(c1ccc(Oc2ccccc2)cc1)c1c(N)ncnc1N[C@@H]1CCN(C(=O)/C=C/CNC2CCCCC2)C1. The van der Waals surface area contributed by atoms with E-state index >= 15 is 0 Å². The second-order valence-corrected chi connectivity index (χ2v) is 10.4. The lowest BCUT2D eigenvalue weighted by molar-refractivity contribution is -0.125. The van der Waals surface area contributed by atoms with Gasteiger partial charge in [-0.25, -0.2) is 9.97 Å². The number of carbonyl (C=O) groups is 1. The number of para-hydroxylation sites is 1. The lowest BCUT2D eigenvalue weighted by atomic mass is 9.95. The molecule has 5 rings (SSSR count). The number of nitrogen functional groups attached to an aromatic ring is 1. The summed E-state index contributed by atoms with van der Waals surface area (Å²) < 4.78 is 5.87. The van der Waals surface area contributed by atoms with Gasteiger partial charge in [0.15, 0.2) is 0 Å². The van der Waals surface area contributed by atoms with Crippen LogP contribution in [0.2, 0.25) is 0 Å². The van der Waals surface area contributed by atoms with E-state index in [-0.39, 0.29) is 23.5 Å². The molecule has 40 heavy (non-hydrogen) atoms. The van der Waals surface area contributed by atoms with Crippen LogP contribution in [0.15, 0.2) is 73.1 Å². The van der Waals surface area contributed by atoms with E-state index in [1.807, 2.05) is 65.6 Å². The maximum atomic E-state index is 12.7. The van der Waals surface area contributed by atoms with Crippen molar-refractivity contribution < 1.29 is 9.53 Å². The zero-order valence-electron chi connectivity index (χ0n) is 22.7. The van der Waals surface area contributed by atoms with Crippen LogP contribution in [0.4, 0.5) is 11.6 Å². The van der Waals surface area contributed by atoms with Gasteiger partial charge in [0.1, 0.15) is 29.5 Å². The van der Waals surface area contributed by atoms with Crippen molar-refractivity contribution in [2.24, 2.45) is 0 Å². The largest absolute Gasteiger partial charge is 0.457 e. The van der Waals surface area contributed by atoms with Crippen LogP contribution in [-0.2, 0) is 4.79 Å². The number of likely N-dealkylation sites (tertiary alicyclic amines) is 1. The summed E-state index contributed by atoms with van der Waals surface area (Å²) in [4.78, 5) is 23.1.